The lowest BCUT2D eigenvalue weighted by Gasteiger charge is -2.09. The van der Waals surface area contributed by atoms with Gasteiger partial charge < -0.3 is 4.74 Å². The fourth-order valence-corrected chi connectivity index (χ4v) is 2.06. The molecule has 15 heavy (non-hydrogen) atoms. The Kier molecular flexibility index (Phi) is 3.57. The van der Waals surface area contributed by atoms with Crippen molar-refractivity contribution in [3.63, 3.8) is 0 Å². The van der Waals surface area contributed by atoms with E-state index in [0.717, 1.165) is 16.8 Å². The van der Waals surface area contributed by atoms with Crippen LogP contribution in [0.3, 0.4) is 0 Å². The van der Waals surface area contributed by atoms with Crippen LogP contribution in [0.5, 0.6) is 6.01 Å². The van der Waals surface area contributed by atoms with Crippen LogP contribution in [0.25, 0.3) is 0 Å². The van der Waals surface area contributed by atoms with Crippen molar-refractivity contribution in [3.05, 3.63) is 16.4 Å². The average Bonchev–Trinajstić information content (AvgIpc) is 2.73. The fraction of sp³-hybridized carbons (Fsp3) is 0.636. The number of hydrogen-bond donors (Lipinski definition) is 0. The second-order valence-electron chi connectivity index (χ2n) is 4.05. The third-order valence-electron chi connectivity index (χ3n) is 2.82. The molecule has 4 heteroatoms. The van der Waals surface area contributed by atoms with Gasteiger partial charge in [0.1, 0.15) is 0 Å². The summed E-state index contributed by atoms with van der Waals surface area (Å²) in [4.78, 5) is 8.37. The molecule has 0 atom stereocenters. The second kappa shape index (κ2) is 4.92. The zero-order valence-electron chi connectivity index (χ0n) is 8.87. The summed E-state index contributed by atoms with van der Waals surface area (Å²) in [5.74, 6) is 0.706. The maximum atomic E-state index is 5.58. The van der Waals surface area contributed by atoms with Crippen molar-refractivity contribution in [1.29, 1.82) is 0 Å². The van der Waals surface area contributed by atoms with E-state index in [4.69, 9.17) is 4.74 Å². The number of aromatic nitrogens is 2. The Balaban J connectivity index is 1.90. The summed E-state index contributed by atoms with van der Waals surface area (Å²) in [7, 11) is 0. The molecule has 1 saturated carbocycles. The lowest BCUT2D eigenvalue weighted by Crippen LogP contribution is -2.10. The summed E-state index contributed by atoms with van der Waals surface area (Å²) >= 11 is 3.37. The summed E-state index contributed by atoms with van der Waals surface area (Å²) in [6.07, 6.45) is 7.00. The minimum atomic E-state index is 0.502. The largest absolute Gasteiger partial charge is 0.463 e. The van der Waals surface area contributed by atoms with Gasteiger partial charge in [0.05, 0.1) is 16.8 Å². The predicted octanol–water partition coefficient (Wildman–Crippen LogP) is 3.12. The molecule has 0 N–H and O–H groups in total. The van der Waals surface area contributed by atoms with Gasteiger partial charge in [-0.3, -0.25) is 0 Å². The van der Waals surface area contributed by atoms with E-state index in [1.165, 1.54) is 25.7 Å². The summed E-state index contributed by atoms with van der Waals surface area (Å²) in [6, 6.07) is 0.502. The van der Waals surface area contributed by atoms with Crippen LogP contribution in [0.1, 0.15) is 31.4 Å². The molecule has 1 heterocycles. The van der Waals surface area contributed by atoms with Gasteiger partial charge in [-0.1, -0.05) is 12.8 Å². The third-order valence-corrected chi connectivity index (χ3v) is 3.60. The highest BCUT2D eigenvalue weighted by Gasteiger charge is 2.16. The van der Waals surface area contributed by atoms with Crippen molar-refractivity contribution in [2.75, 3.05) is 6.61 Å². The summed E-state index contributed by atoms with van der Waals surface area (Å²) in [6.45, 7) is 2.70. The maximum absolute atomic E-state index is 5.58. The zero-order valence-corrected chi connectivity index (χ0v) is 10.5. The standard InChI is InChI=1S/C11H15BrN2O/c1-8-10(12)6-13-11(14-8)15-7-9-4-2-3-5-9/h6,9H,2-5,7H2,1H3. The van der Waals surface area contributed by atoms with Gasteiger partial charge in [0.25, 0.3) is 0 Å². The molecule has 82 valence electrons. The van der Waals surface area contributed by atoms with Gasteiger partial charge in [-0.25, -0.2) is 4.98 Å². The molecular formula is C11H15BrN2O. The first-order valence-corrected chi connectivity index (χ1v) is 6.17. The van der Waals surface area contributed by atoms with Gasteiger partial charge in [0, 0.05) is 6.20 Å². The van der Waals surface area contributed by atoms with Crippen molar-refractivity contribution < 1.29 is 4.74 Å². The highest BCUT2D eigenvalue weighted by molar-refractivity contribution is 9.10. The van der Waals surface area contributed by atoms with E-state index in [1.54, 1.807) is 6.20 Å². The average molecular weight is 271 g/mol. The Morgan fingerprint density at radius 2 is 2.20 bits per heavy atom. The van der Waals surface area contributed by atoms with E-state index in [9.17, 15) is 0 Å². The molecule has 0 radical (unpaired) electrons. The van der Waals surface area contributed by atoms with E-state index in [2.05, 4.69) is 25.9 Å². The zero-order chi connectivity index (χ0) is 10.7. The summed E-state index contributed by atoms with van der Waals surface area (Å²) in [5.41, 5.74) is 0.923. The molecule has 0 spiro atoms. The smallest absolute Gasteiger partial charge is 0.316 e. The van der Waals surface area contributed by atoms with Gasteiger partial charge in [0.2, 0.25) is 0 Å². The normalized spacial score (nSPS) is 16.9. The van der Waals surface area contributed by atoms with Crippen LogP contribution < -0.4 is 4.74 Å². The van der Waals surface area contributed by atoms with Crippen molar-refractivity contribution in [2.24, 2.45) is 5.92 Å². The second-order valence-corrected chi connectivity index (χ2v) is 4.90. The Morgan fingerprint density at radius 1 is 1.47 bits per heavy atom. The molecule has 0 unspecified atom stereocenters. The monoisotopic (exact) mass is 270 g/mol. The van der Waals surface area contributed by atoms with Crippen molar-refractivity contribution in [1.82, 2.24) is 9.97 Å². The van der Waals surface area contributed by atoms with E-state index in [-0.39, 0.29) is 0 Å². The SMILES string of the molecule is Cc1nc(OCC2CCCC2)ncc1Br. The quantitative estimate of drug-likeness (QED) is 0.847. The van der Waals surface area contributed by atoms with Gasteiger partial charge in [-0.05, 0) is 41.6 Å². The molecule has 1 aliphatic carbocycles. The number of hydrogen-bond acceptors (Lipinski definition) is 3. The van der Waals surface area contributed by atoms with Gasteiger partial charge >= 0.3 is 6.01 Å². The molecule has 0 amide bonds. The Morgan fingerprint density at radius 3 is 2.87 bits per heavy atom. The van der Waals surface area contributed by atoms with Crippen LogP contribution in [0, 0.1) is 12.8 Å². The number of rotatable bonds is 3. The minimum Gasteiger partial charge on any atom is -0.463 e. The number of ether oxygens (including phenoxy) is 1. The van der Waals surface area contributed by atoms with Crippen molar-refractivity contribution in [2.45, 2.75) is 32.6 Å². The predicted molar refractivity (Wildman–Crippen MR) is 61.9 cm³/mol. The van der Waals surface area contributed by atoms with Crippen LogP contribution in [0.4, 0.5) is 0 Å². The molecule has 2 rings (SSSR count). The lowest BCUT2D eigenvalue weighted by molar-refractivity contribution is 0.233. The van der Waals surface area contributed by atoms with Gasteiger partial charge in [-0.2, -0.15) is 4.98 Å². The minimum absolute atomic E-state index is 0.502. The topological polar surface area (TPSA) is 35.0 Å². The number of nitrogens with zero attached hydrogens (tertiary/aromatic N) is 2. The molecule has 1 fully saturated rings. The fourth-order valence-electron chi connectivity index (χ4n) is 1.87. The number of aryl methyl sites for hydroxylation is 1. The Labute approximate surface area is 98.4 Å². The van der Waals surface area contributed by atoms with Crippen LogP contribution in [0.15, 0.2) is 10.7 Å². The first-order chi connectivity index (χ1) is 7.25. The van der Waals surface area contributed by atoms with Crippen LogP contribution in [-0.2, 0) is 0 Å². The molecule has 0 aromatic carbocycles. The summed E-state index contributed by atoms with van der Waals surface area (Å²) in [5, 5.41) is 0. The molecular weight excluding hydrogens is 256 g/mol. The molecule has 3 nitrogen and oxygen atoms in total. The lowest BCUT2D eigenvalue weighted by atomic mass is 10.1. The molecule has 0 aliphatic heterocycles. The first-order valence-electron chi connectivity index (χ1n) is 5.37. The summed E-state index contributed by atoms with van der Waals surface area (Å²) < 4.78 is 6.51. The van der Waals surface area contributed by atoms with Crippen LogP contribution >= 0.6 is 15.9 Å². The molecule has 1 aliphatic rings. The van der Waals surface area contributed by atoms with Crippen molar-refractivity contribution >= 4 is 15.9 Å². The van der Waals surface area contributed by atoms with E-state index < -0.39 is 0 Å². The van der Waals surface area contributed by atoms with Gasteiger partial charge in [-0.15, -0.1) is 0 Å². The highest BCUT2D eigenvalue weighted by atomic mass is 79.9. The maximum Gasteiger partial charge on any atom is 0.316 e. The molecule has 0 bridgehead atoms. The highest BCUT2D eigenvalue weighted by Crippen LogP contribution is 2.25. The van der Waals surface area contributed by atoms with Crippen molar-refractivity contribution in [3.8, 4) is 6.01 Å². The Bertz CT molecular complexity index is 337. The molecule has 0 saturated heterocycles. The van der Waals surface area contributed by atoms with Crippen LogP contribution in [0.2, 0.25) is 0 Å². The van der Waals surface area contributed by atoms with E-state index >= 15 is 0 Å². The first kappa shape index (κ1) is 10.9. The number of halogens is 1. The third kappa shape index (κ3) is 2.91. The van der Waals surface area contributed by atoms with E-state index in [1.807, 2.05) is 6.92 Å². The van der Waals surface area contributed by atoms with E-state index in [0.29, 0.717) is 11.9 Å². The van der Waals surface area contributed by atoms with Gasteiger partial charge in [0.15, 0.2) is 0 Å². The molecule has 1 aromatic heterocycles. The molecule has 1 aromatic rings. The Hall–Kier alpha value is -0.640. The van der Waals surface area contributed by atoms with Crippen LogP contribution in [-0.4, -0.2) is 16.6 Å².